The van der Waals surface area contributed by atoms with Crippen LogP contribution in [0.15, 0.2) is 30.3 Å². The van der Waals surface area contributed by atoms with Gasteiger partial charge in [0.25, 0.3) is 0 Å². The molecule has 0 saturated carbocycles. The Balaban J connectivity index is 1.74. The smallest absolute Gasteiger partial charge is 0.231 e. The third-order valence-electron chi connectivity index (χ3n) is 5.58. The van der Waals surface area contributed by atoms with E-state index in [-0.39, 0.29) is 18.6 Å². The van der Waals surface area contributed by atoms with Crippen molar-refractivity contribution in [3.8, 4) is 17.2 Å². The van der Waals surface area contributed by atoms with Crippen molar-refractivity contribution in [2.75, 3.05) is 32.3 Å². The minimum Gasteiger partial charge on any atom is -0.496 e. The lowest BCUT2D eigenvalue weighted by molar-refractivity contribution is -0.116. The molecule has 0 fully saturated rings. The molecular weight excluding hydrogens is 356 g/mol. The van der Waals surface area contributed by atoms with E-state index in [1.807, 2.05) is 18.2 Å². The fraction of sp³-hybridized carbons (Fsp3) is 0.409. The number of ether oxygens (including phenoxy) is 3. The van der Waals surface area contributed by atoms with Crippen molar-refractivity contribution in [1.82, 2.24) is 4.90 Å². The van der Waals surface area contributed by atoms with Gasteiger partial charge in [0.1, 0.15) is 5.75 Å². The highest BCUT2D eigenvalue weighted by molar-refractivity contribution is 5.96. The van der Waals surface area contributed by atoms with Crippen molar-refractivity contribution in [3.63, 3.8) is 0 Å². The van der Waals surface area contributed by atoms with Crippen molar-refractivity contribution in [3.05, 3.63) is 47.0 Å². The van der Waals surface area contributed by atoms with Crippen molar-refractivity contribution in [2.24, 2.45) is 0 Å². The van der Waals surface area contributed by atoms with Crippen LogP contribution >= 0.6 is 0 Å². The molecule has 0 radical (unpaired) electrons. The second-order valence-corrected chi connectivity index (χ2v) is 7.13. The van der Waals surface area contributed by atoms with Crippen LogP contribution in [-0.4, -0.2) is 37.8 Å². The Morgan fingerprint density at radius 1 is 1.14 bits per heavy atom. The van der Waals surface area contributed by atoms with Crippen LogP contribution in [0.5, 0.6) is 17.2 Å². The van der Waals surface area contributed by atoms with Gasteiger partial charge in [0.15, 0.2) is 11.5 Å². The molecule has 1 N–H and O–H groups in total. The highest BCUT2D eigenvalue weighted by Crippen LogP contribution is 2.45. The van der Waals surface area contributed by atoms with Gasteiger partial charge in [-0.1, -0.05) is 26.0 Å². The summed E-state index contributed by atoms with van der Waals surface area (Å²) in [6, 6.07) is 10.1. The number of fused-ring (bicyclic) bond motifs is 2. The maximum atomic E-state index is 12.4. The van der Waals surface area contributed by atoms with E-state index in [1.54, 1.807) is 7.11 Å². The number of carbonyl (C=O) groups is 1. The average molecular weight is 382 g/mol. The van der Waals surface area contributed by atoms with Crippen LogP contribution in [0.4, 0.5) is 5.69 Å². The van der Waals surface area contributed by atoms with Crippen LogP contribution in [-0.2, 0) is 11.3 Å². The predicted octanol–water partition coefficient (Wildman–Crippen LogP) is 3.74. The number of nitrogens with zero attached hydrogens (tertiary/aromatic N) is 1. The van der Waals surface area contributed by atoms with E-state index in [9.17, 15) is 4.79 Å². The van der Waals surface area contributed by atoms with Gasteiger partial charge in [0.2, 0.25) is 12.7 Å². The summed E-state index contributed by atoms with van der Waals surface area (Å²) < 4.78 is 16.6. The quantitative estimate of drug-likeness (QED) is 0.825. The van der Waals surface area contributed by atoms with Crippen molar-refractivity contribution < 1.29 is 19.0 Å². The molecule has 2 heterocycles. The highest BCUT2D eigenvalue weighted by Gasteiger charge is 2.30. The molecule has 6 nitrogen and oxygen atoms in total. The number of carbonyl (C=O) groups excluding carboxylic acids is 1. The van der Waals surface area contributed by atoms with Crippen LogP contribution < -0.4 is 19.5 Å². The van der Waals surface area contributed by atoms with Crippen molar-refractivity contribution in [1.29, 1.82) is 0 Å². The summed E-state index contributed by atoms with van der Waals surface area (Å²) in [7, 11) is 1.70. The Bertz CT molecular complexity index is 892. The number of rotatable bonds is 6. The molecule has 1 atom stereocenters. The molecule has 1 amide bonds. The zero-order chi connectivity index (χ0) is 19.7. The number of methoxy groups -OCH3 is 1. The monoisotopic (exact) mass is 382 g/mol. The molecule has 0 bridgehead atoms. The molecule has 0 aromatic heterocycles. The SMILES string of the molecule is CCN(CC)Cc1cc([C@H]2CC(=O)Nc3cc4c(cc32)OCO4)ccc1OC. The van der Waals surface area contributed by atoms with Gasteiger partial charge in [0.05, 0.1) is 7.11 Å². The third kappa shape index (κ3) is 3.40. The fourth-order valence-corrected chi connectivity index (χ4v) is 3.98. The van der Waals surface area contributed by atoms with Gasteiger partial charge in [0, 0.05) is 36.2 Å². The summed E-state index contributed by atoms with van der Waals surface area (Å²) in [5.74, 6) is 2.27. The average Bonchev–Trinajstić information content (AvgIpc) is 3.17. The van der Waals surface area contributed by atoms with E-state index < -0.39 is 0 Å². The molecule has 0 spiro atoms. The minimum atomic E-state index is -0.0281. The van der Waals surface area contributed by atoms with Crippen LogP contribution in [0.3, 0.4) is 0 Å². The number of hydrogen-bond acceptors (Lipinski definition) is 5. The molecule has 0 unspecified atom stereocenters. The van der Waals surface area contributed by atoms with Gasteiger partial charge in [-0.2, -0.15) is 0 Å². The summed E-state index contributed by atoms with van der Waals surface area (Å²) in [5.41, 5.74) is 4.10. The Morgan fingerprint density at radius 3 is 2.61 bits per heavy atom. The van der Waals surface area contributed by atoms with Crippen molar-refractivity contribution in [2.45, 2.75) is 32.7 Å². The Morgan fingerprint density at radius 2 is 1.89 bits per heavy atom. The highest BCUT2D eigenvalue weighted by atomic mass is 16.7. The largest absolute Gasteiger partial charge is 0.496 e. The van der Waals surface area contributed by atoms with E-state index in [4.69, 9.17) is 14.2 Å². The summed E-state index contributed by atoms with van der Waals surface area (Å²) in [6.45, 7) is 7.29. The number of nitrogens with one attached hydrogen (secondary N) is 1. The first-order chi connectivity index (χ1) is 13.6. The lowest BCUT2D eigenvalue weighted by atomic mass is 9.84. The first kappa shape index (κ1) is 18.6. The van der Waals surface area contributed by atoms with Gasteiger partial charge in [-0.25, -0.2) is 0 Å². The summed E-state index contributed by atoms with van der Waals surface area (Å²) in [6.07, 6.45) is 0.406. The van der Waals surface area contributed by atoms with E-state index in [0.29, 0.717) is 12.2 Å². The van der Waals surface area contributed by atoms with Crippen LogP contribution in [0, 0.1) is 0 Å². The summed E-state index contributed by atoms with van der Waals surface area (Å²) in [4.78, 5) is 14.7. The lowest BCUT2D eigenvalue weighted by Gasteiger charge is -2.27. The normalized spacial score (nSPS) is 17.4. The number of anilines is 1. The number of amides is 1. The first-order valence-corrected chi connectivity index (χ1v) is 9.75. The third-order valence-corrected chi connectivity index (χ3v) is 5.58. The molecular formula is C22H26N2O4. The molecule has 28 heavy (non-hydrogen) atoms. The van der Waals surface area contributed by atoms with Gasteiger partial charge in [-0.05, 0) is 36.3 Å². The van der Waals surface area contributed by atoms with Gasteiger partial charge < -0.3 is 19.5 Å². The number of benzene rings is 2. The Kier molecular flexibility index (Phi) is 5.13. The Labute approximate surface area is 165 Å². The molecule has 0 aliphatic carbocycles. The van der Waals surface area contributed by atoms with Gasteiger partial charge >= 0.3 is 0 Å². The standard InChI is InChI=1S/C22H26N2O4/c1-4-24(5-2)12-15-8-14(6-7-19(15)26-3)16-10-22(25)23-18-11-21-20(9-17(16)18)27-13-28-21/h6-9,11,16H,4-5,10,12-13H2,1-3H3,(H,23,25)/t16-/m1/s1. The van der Waals surface area contributed by atoms with E-state index in [0.717, 1.165) is 53.5 Å². The van der Waals surface area contributed by atoms with Gasteiger partial charge in [-0.3, -0.25) is 9.69 Å². The van der Waals surface area contributed by atoms with Crippen molar-refractivity contribution >= 4 is 11.6 Å². The van der Waals surface area contributed by atoms with E-state index in [2.05, 4.69) is 36.2 Å². The second-order valence-electron chi connectivity index (χ2n) is 7.13. The zero-order valence-corrected chi connectivity index (χ0v) is 16.6. The summed E-state index contributed by atoms with van der Waals surface area (Å²) in [5, 5.41) is 2.97. The van der Waals surface area contributed by atoms with Gasteiger partial charge in [-0.15, -0.1) is 0 Å². The predicted molar refractivity (Wildman–Crippen MR) is 107 cm³/mol. The molecule has 2 aliphatic heterocycles. The van der Waals surface area contributed by atoms with Crippen LogP contribution in [0.25, 0.3) is 0 Å². The molecule has 4 rings (SSSR count). The van der Waals surface area contributed by atoms with E-state index >= 15 is 0 Å². The molecule has 2 aromatic rings. The topological polar surface area (TPSA) is 60.0 Å². The summed E-state index contributed by atoms with van der Waals surface area (Å²) >= 11 is 0. The fourth-order valence-electron chi connectivity index (χ4n) is 3.98. The number of hydrogen-bond donors (Lipinski definition) is 1. The molecule has 6 heteroatoms. The molecule has 2 aromatic carbocycles. The minimum absolute atomic E-state index is 0.0116. The van der Waals surface area contributed by atoms with Crippen LogP contribution in [0.2, 0.25) is 0 Å². The van der Waals surface area contributed by atoms with E-state index in [1.165, 1.54) is 0 Å². The molecule has 0 saturated heterocycles. The second kappa shape index (κ2) is 7.72. The van der Waals surface area contributed by atoms with Crippen LogP contribution in [0.1, 0.15) is 42.9 Å². The maximum absolute atomic E-state index is 12.4. The molecule has 2 aliphatic rings. The maximum Gasteiger partial charge on any atom is 0.231 e. The zero-order valence-electron chi connectivity index (χ0n) is 16.6. The first-order valence-electron chi connectivity index (χ1n) is 9.75. The lowest BCUT2D eigenvalue weighted by Crippen LogP contribution is -2.24. The molecule has 148 valence electrons. The Hall–Kier alpha value is -2.73.